The molecule has 8 heteroatoms. The van der Waals surface area contributed by atoms with E-state index in [4.69, 9.17) is 0 Å². The molecule has 1 N–H and O–H groups in total. The first-order chi connectivity index (χ1) is 9.30. The van der Waals surface area contributed by atoms with Gasteiger partial charge in [0.05, 0.1) is 11.1 Å². The van der Waals surface area contributed by atoms with Gasteiger partial charge in [0.25, 0.3) is 5.91 Å². The number of piperazine rings is 1. The van der Waals surface area contributed by atoms with E-state index in [0.717, 1.165) is 12.1 Å². The summed E-state index contributed by atoms with van der Waals surface area (Å²) < 4.78 is 51.8. The van der Waals surface area contributed by atoms with Crippen molar-refractivity contribution >= 4 is 18.3 Å². The number of alkyl halides is 3. The third-order valence-corrected chi connectivity index (χ3v) is 3.19. The number of halogens is 5. The second-order valence-electron chi connectivity index (χ2n) is 4.77. The topological polar surface area (TPSA) is 32.3 Å². The van der Waals surface area contributed by atoms with Crippen LogP contribution in [0.1, 0.15) is 22.8 Å². The average Bonchev–Trinajstić information content (AvgIpc) is 2.37. The van der Waals surface area contributed by atoms with Crippen molar-refractivity contribution in [2.24, 2.45) is 0 Å². The van der Waals surface area contributed by atoms with Crippen molar-refractivity contribution in [2.45, 2.75) is 19.1 Å². The number of hydrogen-bond donors (Lipinski definition) is 1. The van der Waals surface area contributed by atoms with Crippen molar-refractivity contribution in [3.05, 3.63) is 35.1 Å². The summed E-state index contributed by atoms with van der Waals surface area (Å²) in [5.74, 6) is -2.21. The molecule has 2 rings (SSSR count). The van der Waals surface area contributed by atoms with Gasteiger partial charge in [0.15, 0.2) is 0 Å². The van der Waals surface area contributed by atoms with Crippen LogP contribution in [-0.4, -0.2) is 36.5 Å². The molecule has 1 fully saturated rings. The molecule has 1 aromatic carbocycles. The van der Waals surface area contributed by atoms with Crippen LogP contribution in [0.15, 0.2) is 18.2 Å². The Labute approximate surface area is 125 Å². The maximum atomic E-state index is 13.9. The lowest BCUT2D eigenvalue weighted by Gasteiger charge is -2.32. The molecular weight excluding hydrogens is 312 g/mol. The smallest absolute Gasteiger partial charge is 0.336 e. The molecule has 0 radical (unpaired) electrons. The molecule has 1 atom stereocenters. The normalized spacial score (nSPS) is 19.1. The third-order valence-electron chi connectivity index (χ3n) is 3.19. The van der Waals surface area contributed by atoms with Crippen LogP contribution in [-0.2, 0) is 6.18 Å². The molecule has 0 saturated carbocycles. The molecule has 0 unspecified atom stereocenters. The van der Waals surface area contributed by atoms with Crippen molar-refractivity contribution < 1.29 is 22.4 Å². The molecule has 1 saturated heterocycles. The quantitative estimate of drug-likeness (QED) is 0.805. The largest absolute Gasteiger partial charge is 0.419 e. The summed E-state index contributed by atoms with van der Waals surface area (Å²) in [6.07, 6.45) is -4.81. The van der Waals surface area contributed by atoms with Crippen LogP contribution < -0.4 is 5.32 Å². The highest BCUT2D eigenvalue weighted by molar-refractivity contribution is 5.94. The van der Waals surface area contributed by atoms with Gasteiger partial charge in [0, 0.05) is 25.7 Å². The van der Waals surface area contributed by atoms with Gasteiger partial charge in [0.1, 0.15) is 5.82 Å². The number of benzene rings is 1. The lowest BCUT2D eigenvalue weighted by atomic mass is 10.1. The Hall–Kier alpha value is -1.34. The van der Waals surface area contributed by atoms with E-state index < -0.39 is 29.0 Å². The maximum absolute atomic E-state index is 13.9. The number of amides is 1. The summed E-state index contributed by atoms with van der Waals surface area (Å²) in [5.41, 5.74) is -1.94. The Morgan fingerprint density at radius 3 is 2.62 bits per heavy atom. The minimum atomic E-state index is -4.81. The minimum Gasteiger partial charge on any atom is -0.336 e. The van der Waals surface area contributed by atoms with Crippen molar-refractivity contribution in [2.75, 3.05) is 19.6 Å². The van der Waals surface area contributed by atoms with Crippen LogP contribution in [0.5, 0.6) is 0 Å². The minimum absolute atomic E-state index is 0. The van der Waals surface area contributed by atoms with Crippen LogP contribution in [0.4, 0.5) is 17.6 Å². The highest BCUT2D eigenvalue weighted by atomic mass is 35.5. The molecule has 0 bridgehead atoms. The van der Waals surface area contributed by atoms with Gasteiger partial charge >= 0.3 is 6.18 Å². The van der Waals surface area contributed by atoms with E-state index in [1.807, 2.05) is 6.92 Å². The van der Waals surface area contributed by atoms with Crippen LogP contribution >= 0.6 is 12.4 Å². The van der Waals surface area contributed by atoms with Gasteiger partial charge < -0.3 is 10.2 Å². The van der Waals surface area contributed by atoms with Crippen LogP contribution in [0.3, 0.4) is 0 Å². The molecule has 1 amide bonds. The Kier molecular flexibility index (Phi) is 5.58. The standard InChI is InChI=1S/C13H14F4N2O.ClH/c1-8-7-19(6-5-18-8)12(20)9-3-2-4-10(11(9)14)13(15,16)17;/h2-4,8,18H,5-7H2,1H3;1H/t8-;/m0./s1. The fraction of sp³-hybridized carbons (Fsp3) is 0.462. The Balaban J connectivity index is 0.00000220. The first-order valence-electron chi connectivity index (χ1n) is 6.19. The molecule has 1 heterocycles. The van der Waals surface area contributed by atoms with Gasteiger partial charge in [-0.3, -0.25) is 4.79 Å². The van der Waals surface area contributed by atoms with Crippen LogP contribution in [0.2, 0.25) is 0 Å². The zero-order valence-corrected chi connectivity index (χ0v) is 12.0. The number of nitrogens with one attached hydrogen (secondary N) is 1. The number of nitrogens with zero attached hydrogens (tertiary/aromatic N) is 1. The van der Waals surface area contributed by atoms with E-state index in [0.29, 0.717) is 25.7 Å². The van der Waals surface area contributed by atoms with E-state index in [9.17, 15) is 22.4 Å². The first kappa shape index (κ1) is 17.7. The average molecular weight is 327 g/mol. The van der Waals surface area contributed by atoms with Gasteiger partial charge in [-0.2, -0.15) is 13.2 Å². The van der Waals surface area contributed by atoms with E-state index in [-0.39, 0.29) is 18.4 Å². The lowest BCUT2D eigenvalue weighted by Crippen LogP contribution is -2.51. The summed E-state index contributed by atoms with van der Waals surface area (Å²) in [4.78, 5) is 13.5. The Morgan fingerprint density at radius 2 is 2.05 bits per heavy atom. The van der Waals surface area contributed by atoms with Crippen LogP contribution in [0, 0.1) is 5.82 Å². The fourth-order valence-corrected chi connectivity index (χ4v) is 2.20. The third kappa shape index (κ3) is 3.85. The SMILES string of the molecule is C[C@H]1CN(C(=O)c2cccc(C(F)(F)F)c2F)CCN1.Cl. The van der Waals surface area contributed by atoms with E-state index in [2.05, 4.69) is 5.32 Å². The summed E-state index contributed by atoms with van der Waals surface area (Å²) in [6.45, 7) is 3.07. The highest BCUT2D eigenvalue weighted by Gasteiger charge is 2.36. The molecule has 0 aromatic heterocycles. The van der Waals surface area contributed by atoms with Gasteiger partial charge in [-0.05, 0) is 19.1 Å². The predicted octanol–water partition coefficient (Wildman–Crippen LogP) is 2.70. The van der Waals surface area contributed by atoms with Crippen molar-refractivity contribution in [1.29, 1.82) is 0 Å². The number of carbonyl (C=O) groups is 1. The zero-order valence-electron chi connectivity index (χ0n) is 11.2. The molecular formula is C13H15ClF4N2O. The van der Waals surface area contributed by atoms with E-state index in [1.165, 1.54) is 4.90 Å². The number of hydrogen-bond acceptors (Lipinski definition) is 2. The molecule has 21 heavy (non-hydrogen) atoms. The monoisotopic (exact) mass is 326 g/mol. The Morgan fingerprint density at radius 1 is 1.38 bits per heavy atom. The van der Waals surface area contributed by atoms with Gasteiger partial charge in [-0.1, -0.05) is 6.07 Å². The van der Waals surface area contributed by atoms with Gasteiger partial charge in [-0.25, -0.2) is 4.39 Å². The summed E-state index contributed by atoms with van der Waals surface area (Å²) in [6, 6.07) is 2.79. The van der Waals surface area contributed by atoms with Crippen molar-refractivity contribution in [1.82, 2.24) is 10.2 Å². The predicted molar refractivity (Wildman–Crippen MR) is 72.0 cm³/mol. The molecule has 0 aliphatic carbocycles. The number of carbonyl (C=O) groups excluding carboxylic acids is 1. The van der Waals surface area contributed by atoms with Gasteiger partial charge in [-0.15, -0.1) is 12.4 Å². The molecule has 1 aliphatic heterocycles. The summed E-state index contributed by atoms with van der Waals surface area (Å²) in [7, 11) is 0. The molecule has 3 nitrogen and oxygen atoms in total. The second kappa shape index (κ2) is 6.62. The van der Waals surface area contributed by atoms with Gasteiger partial charge in [0.2, 0.25) is 0 Å². The summed E-state index contributed by atoms with van der Waals surface area (Å²) >= 11 is 0. The number of rotatable bonds is 1. The molecule has 118 valence electrons. The van der Waals surface area contributed by atoms with E-state index >= 15 is 0 Å². The molecule has 0 spiro atoms. The van der Waals surface area contributed by atoms with Crippen molar-refractivity contribution in [3.63, 3.8) is 0 Å². The zero-order chi connectivity index (χ0) is 14.9. The highest BCUT2D eigenvalue weighted by Crippen LogP contribution is 2.32. The second-order valence-corrected chi connectivity index (χ2v) is 4.77. The Bertz CT molecular complexity index is 521. The molecule has 1 aromatic rings. The summed E-state index contributed by atoms with van der Waals surface area (Å²) in [5, 5.41) is 3.10. The fourth-order valence-electron chi connectivity index (χ4n) is 2.20. The first-order valence-corrected chi connectivity index (χ1v) is 6.19. The lowest BCUT2D eigenvalue weighted by molar-refractivity contribution is -0.140. The van der Waals surface area contributed by atoms with Crippen LogP contribution in [0.25, 0.3) is 0 Å². The maximum Gasteiger partial charge on any atom is 0.419 e. The van der Waals surface area contributed by atoms with E-state index in [1.54, 1.807) is 0 Å². The molecule has 1 aliphatic rings. The van der Waals surface area contributed by atoms with Crippen molar-refractivity contribution in [3.8, 4) is 0 Å².